The molecule has 4 rings (SSSR count). The number of carbonyl (C=O) groups excluding carboxylic acids is 2. The second-order valence-electron chi connectivity index (χ2n) is 6.86. The van der Waals surface area contributed by atoms with Gasteiger partial charge in [-0.25, -0.2) is 9.37 Å². The molecule has 31 heavy (non-hydrogen) atoms. The van der Waals surface area contributed by atoms with Crippen LogP contribution in [0, 0.1) is 5.82 Å². The molecule has 1 N–H and O–H groups in total. The molecule has 0 bridgehead atoms. The van der Waals surface area contributed by atoms with E-state index in [0.29, 0.717) is 29.1 Å². The maximum Gasteiger partial charge on any atom is 0.244 e. The molecule has 0 aliphatic carbocycles. The van der Waals surface area contributed by atoms with Crippen molar-refractivity contribution in [2.24, 2.45) is 0 Å². The predicted octanol–water partition coefficient (Wildman–Crippen LogP) is 4.44. The van der Waals surface area contributed by atoms with E-state index in [0.717, 1.165) is 6.07 Å². The van der Waals surface area contributed by atoms with E-state index in [1.165, 1.54) is 18.2 Å². The average Bonchev–Trinajstić information content (AvgIpc) is 3.13. The number of nitrogens with one attached hydrogen (secondary N) is 1. The first-order valence-corrected chi connectivity index (χ1v) is 9.83. The number of ether oxygens (including phenoxy) is 1. The van der Waals surface area contributed by atoms with Crippen molar-refractivity contribution in [3.8, 4) is 5.75 Å². The third kappa shape index (κ3) is 4.45. The number of halogens is 1. The van der Waals surface area contributed by atoms with Gasteiger partial charge < -0.3 is 14.6 Å². The highest BCUT2D eigenvalue weighted by Gasteiger charge is 2.21. The molecule has 156 valence electrons. The normalized spacial score (nSPS) is 10.8. The minimum atomic E-state index is -0.512. The van der Waals surface area contributed by atoms with Gasteiger partial charge in [0.15, 0.2) is 5.82 Å². The molecule has 0 saturated carbocycles. The third-order valence-electron chi connectivity index (χ3n) is 4.70. The van der Waals surface area contributed by atoms with E-state index in [-0.39, 0.29) is 23.8 Å². The summed E-state index contributed by atoms with van der Waals surface area (Å²) < 4.78 is 20.6. The van der Waals surface area contributed by atoms with E-state index < -0.39 is 11.6 Å². The van der Waals surface area contributed by atoms with E-state index in [1.807, 2.05) is 6.92 Å². The Labute approximate surface area is 178 Å². The summed E-state index contributed by atoms with van der Waals surface area (Å²) in [6.07, 6.45) is 0. The highest BCUT2D eigenvalue weighted by Crippen LogP contribution is 2.20. The summed E-state index contributed by atoms with van der Waals surface area (Å²) in [6, 6.07) is 19.6. The molecule has 0 atom stereocenters. The fraction of sp³-hybridized carbons (Fsp3) is 0.125. The minimum absolute atomic E-state index is 0.0774. The Morgan fingerprint density at radius 1 is 1.03 bits per heavy atom. The van der Waals surface area contributed by atoms with E-state index >= 15 is 0 Å². The van der Waals surface area contributed by atoms with Crippen LogP contribution in [0.3, 0.4) is 0 Å². The Bertz CT molecular complexity index is 1250. The zero-order valence-corrected chi connectivity index (χ0v) is 16.8. The van der Waals surface area contributed by atoms with Gasteiger partial charge in [-0.2, -0.15) is 0 Å². The Hall–Kier alpha value is -4.00. The summed E-state index contributed by atoms with van der Waals surface area (Å²) in [6.45, 7) is 2.33. The topological polar surface area (TPSA) is 73.2 Å². The number of benzene rings is 3. The standard InChI is InChI=1S/C24H20FN3O3/c1-2-31-19-12-10-18(11-13-19)26-22(29)15-28-21-9-4-3-8-20(21)27-24(28)23(30)16-6-5-7-17(25)14-16/h3-14H,2,15H2,1H3,(H,26,29). The number of imidazole rings is 1. The summed E-state index contributed by atoms with van der Waals surface area (Å²) >= 11 is 0. The van der Waals surface area contributed by atoms with Gasteiger partial charge in [0.05, 0.1) is 17.6 Å². The molecule has 7 heteroatoms. The number of anilines is 1. The van der Waals surface area contributed by atoms with Crippen LogP contribution in [0.25, 0.3) is 11.0 Å². The molecule has 6 nitrogen and oxygen atoms in total. The number of para-hydroxylation sites is 2. The highest BCUT2D eigenvalue weighted by atomic mass is 19.1. The molecule has 0 aliphatic rings. The van der Waals surface area contributed by atoms with Crippen molar-refractivity contribution in [2.45, 2.75) is 13.5 Å². The second-order valence-corrected chi connectivity index (χ2v) is 6.86. The summed E-state index contributed by atoms with van der Waals surface area (Å²) in [5.41, 5.74) is 2.00. The summed E-state index contributed by atoms with van der Waals surface area (Å²) in [4.78, 5) is 30.2. The Balaban J connectivity index is 1.62. The van der Waals surface area contributed by atoms with Crippen LogP contribution in [0.1, 0.15) is 23.1 Å². The van der Waals surface area contributed by atoms with Gasteiger partial charge >= 0.3 is 0 Å². The lowest BCUT2D eigenvalue weighted by molar-refractivity contribution is -0.116. The number of amides is 1. The third-order valence-corrected chi connectivity index (χ3v) is 4.70. The van der Waals surface area contributed by atoms with Crippen molar-refractivity contribution >= 4 is 28.4 Å². The number of hydrogen-bond donors (Lipinski definition) is 1. The summed E-state index contributed by atoms with van der Waals surface area (Å²) in [5.74, 6) is -0.496. The van der Waals surface area contributed by atoms with Gasteiger partial charge in [-0.1, -0.05) is 24.3 Å². The van der Waals surface area contributed by atoms with Crippen molar-refractivity contribution in [2.75, 3.05) is 11.9 Å². The zero-order valence-electron chi connectivity index (χ0n) is 16.8. The van der Waals surface area contributed by atoms with Crippen LogP contribution in [0.2, 0.25) is 0 Å². The molecule has 0 spiro atoms. The summed E-state index contributed by atoms with van der Waals surface area (Å²) in [7, 11) is 0. The Kier molecular flexibility index (Phi) is 5.75. The fourth-order valence-electron chi connectivity index (χ4n) is 3.31. The first-order chi connectivity index (χ1) is 15.0. The smallest absolute Gasteiger partial charge is 0.244 e. The van der Waals surface area contributed by atoms with E-state index in [9.17, 15) is 14.0 Å². The SMILES string of the molecule is CCOc1ccc(NC(=O)Cn2c(C(=O)c3cccc(F)c3)nc3ccccc32)cc1. The Morgan fingerprint density at radius 2 is 1.81 bits per heavy atom. The quantitative estimate of drug-likeness (QED) is 0.451. The van der Waals surface area contributed by atoms with Crippen LogP contribution < -0.4 is 10.1 Å². The van der Waals surface area contributed by atoms with Crippen LogP contribution in [-0.2, 0) is 11.3 Å². The lowest BCUT2D eigenvalue weighted by Gasteiger charge is -2.10. The number of hydrogen-bond acceptors (Lipinski definition) is 4. The van der Waals surface area contributed by atoms with Crippen molar-refractivity contribution in [3.05, 3.63) is 90.0 Å². The predicted molar refractivity (Wildman–Crippen MR) is 116 cm³/mol. The number of ketones is 1. The first-order valence-electron chi connectivity index (χ1n) is 9.83. The summed E-state index contributed by atoms with van der Waals surface area (Å²) in [5, 5.41) is 2.81. The van der Waals surface area contributed by atoms with Crippen molar-refractivity contribution in [3.63, 3.8) is 0 Å². The number of nitrogens with zero attached hydrogens (tertiary/aromatic N) is 2. The molecule has 0 aliphatic heterocycles. The molecule has 1 amide bonds. The molecule has 0 saturated heterocycles. The molecule has 1 heterocycles. The highest BCUT2D eigenvalue weighted by molar-refractivity contribution is 6.08. The van der Waals surface area contributed by atoms with Crippen molar-refractivity contribution in [1.29, 1.82) is 0 Å². The van der Waals surface area contributed by atoms with Crippen LogP contribution in [0.4, 0.5) is 10.1 Å². The molecule has 4 aromatic rings. The van der Waals surface area contributed by atoms with Gasteiger partial charge in [-0.05, 0) is 55.5 Å². The Morgan fingerprint density at radius 3 is 2.55 bits per heavy atom. The van der Waals surface area contributed by atoms with E-state index in [1.54, 1.807) is 53.1 Å². The number of rotatable bonds is 7. The van der Waals surface area contributed by atoms with Gasteiger partial charge in [-0.15, -0.1) is 0 Å². The lowest BCUT2D eigenvalue weighted by atomic mass is 10.1. The molecule has 0 unspecified atom stereocenters. The second kappa shape index (κ2) is 8.79. The molecular weight excluding hydrogens is 397 g/mol. The monoisotopic (exact) mass is 417 g/mol. The maximum absolute atomic E-state index is 13.6. The largest absolute Gasteiger partial charge is 0.494 e. The average molecular weight is 417 g/mol. The van der Waals surface area contributed by atoms with Crippen LogP contribution >= 0.6 is 0 Å². The maximum atomic E-state index is 13.6. The van der Waals surface area contributed by atoms with Gasteiger partial charge in [0, 0.05) is 11.3 Å². The van der Waals surface area contributed by atoms with Crippen LogP contribution in [0.5, 0.6) is 5.75 Å². The van der Waals surface area contributed by atoms with Crippen LogP contribution in [0.15, 0.2) is 72.8 Å². The van der Waals surface area contributed by atoms with Gasteiger partial charge in [0.1, 0.15) is 18.1 Å². The molecule has 1 aromatic heterocycles. The number of aromatic nitrogens is 2. The van der Waals surface area contributed by atoms with Crippen LogP contribution in [-0.4, -0.2) is 27.8 Å². The molecule has 3 aromatic carbocycles. The van der Waals surface area contributed by atoms with E-state index in [4.69, 9.17) is 4.74 Å². The van der Waals surface area contributed by atoms with Gasteiger partial charge in [-0.3, -0.25) is 9.59 Å². The zero-order chi connectivity index (χ0) is 21.8. The van der Waals surface area contributed by atoms with Crippen molar-refractivity contribution < 1.29 is 18.7 Å². The number of carbonyl (C=O) groups is 2. The number of fused-ring (bicyclic) bond motifs is 1. The first kappa shape index (κ1) is 20.3. The molecule has 0 fully saturated rings. The lowest BCUT2D eigenvalue weighted by Crippen LogP contribution is -2.22. The van der Waals surface area contributed by atoms with E-state index in [2.05, 4.69) is 10.3 Å². The molecule has 0 radical (unpaired) electrons. The van der Waals surface area contributed by atoms with Gasteiger partial charge in [0.25, 0.3) is 0 Å². The fourth-order valence-corrected chi connectivity index (χ4v) is 3.31. The van der Waals surface area contributed by atoms with Gasteiger partial charge in [0.2, 0.25) is 11.7 Å². The van der Waals surface area contributed by atoms with Crippen molar-refractivity contribution in [1.82, 2.24) is 9.55 Å². The molecular formula is C24H20FN3O3. The minimum Gasteiger partial charge on any atom is -0.494 e.